The van der Waals surface area contributed by atoms with Gasteiger partial charge < -0.3 is 20.7 Å². The van der Waals surface area contributed by atoms with Gasteiger partial charge in [-0.2, -0.15) is 0 Å². The van der Waals surface area contributed by atoms with Crippen LogP contribution in [0.5, 0.6) is 5.75 Å². The second-order valence-electron chi connectivity index (χ2n) is 4.69. The summed E-state index contributed by atoms with van der Waals surface area (Å²) < 4.78 is 5.56. The van der Waals surface area contributed by atoms with Gasteiger partial charge in [0.1, 0.15) is 5.75 Å². The molecule has 1 rings (SSSR count). The van der Waals surface area contributed by atoms with Crippen LogP contribution in [0.3, 0.4) is 0 Å². The zero-order chi connectivity index (χ0) is 14.5. The number of hydrogen-bond acceptors (Lipinski definition) is 5. The van der Waals surface area contributed by atoms with Crippen LogP contribution in [0.2, 0.25) is 0 Å². The maximum atomic E-state index is 10.9. The summed E-state index contributed by atoms with van der Waals surface area (Å²) in [6.07, 6.45) is 0.973. The van der Waals surface area contributed by atoms with Crippen LogP contribution in [-0.2, 0) is 4.79 Å². The molecule has 0 bridgehead atoms. The van der Waals surface area contributed by atoms with Crippen molar-refractivity contribution in [2.45, 2.75) is 32.5 Å². The number of benzene rings is 1. The topological polar surface area (TPSA) is 92.8 Å². The fraction of sp³-hybridized carbons (Fsp3) is 0.500. The molecule has 0 aliphatic rings. The summed E-state index contributed by atoms with van der Waals surface area (Å²) in [7, 11) is 0. The fourth-order valence-electron chi connectivity index (χ4n) is 1.99. The van der Waals surface area contributed by atoms with Gasteiger partial charge in [0, 0.05) is 5.69 Å². The van der Waals surface area contributed by atoms with Gasteiger partial charge in [0.25, 0.3) is 0 Å². The monoisotopic (exact) mass is 267 g/mol. The number of aliphatic hydroxyl groups is 2. The van der Waals surface area contributed by atoms with Crippen LogP contribution in [0, 0.1) is 5.41 Å². The highest BCUT2D eigenvalue weighted by atomic mass is 16.5. The average Bonchev–Trinajstić information content (AvgIpc) is 2.42. The lowest BCUT2D eigenvalue weighted by atomic mass is 9.75. The average molecular weight is 267 g/mol. The Labute approximate surface area is 113 Å². The third-order valence-electron chi connectivity index (χ3n) is 3.69. The number of aldehydes is 1. The molecular formula is C14H21NO4. The van der Waals surface area contributed by atoms with Gasteiger partial charge in [-0.05, 0) is 37.1 Å². The third kappa shape index (κ3) is 3.24. The predicted molar refractivity (Wildman–Crippen MR) is 72.6 cm³/mol. The number of nitrogens with two attached hydrogens (primary N) is 1. The molecule has 0 aromatic heterocycles. The van der Waals surface area contributed by atoms with Gasteiger partial charge in [-0.15, -0.1) is 0 Å². The number of nitrogen functional groups attached to an aromatic ring is 1. The Morgan fingerprint density at radius 1 is 1.21 bits per heavy atom. The first-order valence-electron chi connectivity index (χ1n) is 6.30. The molecule has 0 heterocycles. The van der Waals surface area contributed by atoms with Crippen LogP contribution in [-0.4, -0.2) is 28.9 Å². The Morgan fingerprint density at radius 2 is 1.74 bits per heavy atom. The van der Waals surface area contributed by atoms with E-state index in [0.717, 1.165) is 0 Å². The van der Waals surface area contributed by atoms with Gasteiger partial charge in [-0.25, -0.2) is 0 Å². The van der Waals surface area contributed by atoms with Crippen molar-refractivity contribution in [2.24, 2.45) is 5.41 Å². The van der Waals surface area contributed by atoms with E-state index >= 15 is 0 Å². The number of rotatable bonds is 7. The standard InChI is InChI=1S/C14H21NO4/c1-3-13(4-2,14(17,18)9-16)10-19-12-7-5-11(15)6-8-12/h5-9,17-18H,3-4,10,15H2,1-2H3. The van der Waals surface area contributed by atoms with Gasteiger partial charge in [0.15, 0.2) is 6.29 Å². The van der Waals surface area contributed by atoms with Gasteiger partial charge in [-0.1, -0.05) is 13.8 Å². The maximum Gasteiger partial charge on any atom is 0.229 e. The van der Waals surface area contributed by atoms with Gasteiger partial charge in [0.05, 0.1) is 12.0 Å². The number of anilines is 1. The van der Waals surface area contributed by atoms with E-state index in [2.05, 4.69) is 0 Å². The van der Waals surface area contributed by atoms with Gasteiger partial charge in [0.2, 0.25) is 5.79 Å². The lowest BCUT2D eigenvalue weighted by molar-refractivity contribution is -0.231. The molecule has 0 aliphatic heterocycles. The quantitative estimate of drug-likeness (QED) is 0.394. The molecule has 19 heavy (non-hydrogen) atoms. The van der Waals surface area contributed by atoms with Crippen molar-refractivity contribution in [3.05, 3.63) is 24.3 Å². The number of carbonyl (C=O) groups is 1. The van der Waals surface area contributed by atoms with Crippen molar-refractivity contribution in [1.29, 1.82) is 0 Å². The first kappa shape index (κ1) is 15.5. The van der Waals surface area contributed by atoms with Gasteiger partial charge >= 0.3 is 0 Å². The summed E-state index contributed by atoms with van der Waals surface area (Å²) in [6.45, 7) is 3.62. The molecule has 1 aromatic rings. The minimum Gasteiger partial charge on any atom is -0.493 e. The fourth-order valence-corrected chi connectivity index (χ4v) is 1.99. The SMILES string of the molecule is CCC(CC)(COc1ccc(N)cc1)C(O)(O)C=O. The summed E-state index contributed by atoms with van der Waals surface area (Å²) in [4.78, 5) is 10.9. The van der Waals surface area contributed by atoms with E-state index < -0.39 is 11.2 Å². The van der Waals surface area contributed by atoms with Crippen molar-refractivity contribution >= 4 is 12.0 Å². The van der Waals surface area contributed by atoms with Crippen LogP contribution >= 0.6 is 0 Å². The van der Waals surface area contributed by atoms with Crippen molar-refractivity contribution in [2.75, 3.05) is 12.3 Å². The summed E-state index contributed by atoms with van der Waals surface area (Å²) in [5.41, 5.74) is 5.16. The molecule has 0 saturated heterocycles. The molecule has 0 saturated carbocycles. The molecule has 4 N–H and O–H groups in total. The number of carbonyl (C=O) groups excluding carboxylic acids is 1. The lowest BCUT2D eigenvalue weighted by Gasteiger charge is -2.39. The molecule has 5 nitrogen and oxygen atoms in total. The minimum absolute atomic E-state index is 0.0374. The molecule has 1 aromatic carbocycles. The van der Waals surface area contributed by atoms with E-state index in [9.17, 15) is 15.0 Å². The predicted octanol–water partition coefficient (Wildman–Crippen LogP) is 1.33. The largest absolute Gasteiger partial charge is 0.493 e. The summed E-state index contributed by atoms with van der Waals surface area (Å²) in [6, 6.07) is 6.78. The molecule has 0 amide bonds. The van der Waals surface area contributed by atoms with E-state index in [-0.39, 0.29) is 12.9 Å². The van der Waals surface area contributed by atoms with E-state index in [1.165, 1.54) is 0 Å². The van der Waals surface area contributed by atoms with Crippen LogP contribution in [0.25, 0.3) is 0 Å². The molecule has 0 atom stereocenters. The van der Waals surface area contributed by atoms with Crippen LogP contribution < -0.4 is 10.5 Å². The number of ether oxygens (including phenoxy) is 1. The smallest absolute Gasteiger partial charge is 0.229 e. The summed E-state index contributed by atoms with van der Waals surface area (Å²) in [5.74, 6) is -1.83. The molecule has 0 aliphatic carbocycles. The van der Waals surface area contributed by atoms with E-state index in [1.54, 1.807) is 38.1 Å². The maximum absolute atomic E-state index is 10.9. The zero-order valence-electron chi connectivity index (χ0n) is 11.3. The Bertz CT molecular complexity index is 410. The van der Waals surface area contributed by atoms with E-state index in [1.807, 2.05) is 0 Å². The second kappa shape index (κ2) is 6.04. The molecule has 0 unspecified atom stereocenters. The molecule has 0 radical (unpaired) electrons. The summed E-state index contributed by atoms with van der Waals surface area (Å²) >= 11 is 0. The Kier molecular flexibility index (Phi) is 4.91. The Morgan fingerprint density at radius 3 is 2.16 bits per heavy atom. The van der Waals surface area contributed by atoms with E-state index in [4.69, 9.17) is 10.5 Å². The minimum atomic E-state index is -2.40. The normalized spacial score (nSPS) is 12.2. The zero-order valence-corrected chi connectivity index (χ0v) is 11.3. The number of hydrogen-bond donors (Lipinski definition) is 3. The highest BCUT2D eigenvalue weighted by Crippen LogP contribution is 2.36. The Hall–Kier alpha value is -1.59. The van der Waals surface area contributed by atoms with Crippen molar-refractivity contribution in [1.82, 2.24) is 0 Å². The molecular weight excluding hydrogens is 246 g/mol. The lowest BCUT2D eigenvalue weighted by Crippen LogP contribution is -2.52. The van der Waals surface area contributed by atoms with Crippen LogP contribution in [0.4, 0.5) is 5.69 Å². The van der Waals surface area contributed by atoms with Crippen LogP contribution in [0.15, 0.2) is 24.3 Å². The molecule has 0 spiro atoms. The first-order chi connectivity index (χ1) is 8.90. The molecule has 0 fully saturated rings. The highest BCUT2D eigenvalue weighted by molar-refractivity contribution is 5.61. The highest BCUT2D eigenvalue weighted by Gasteiger charge is 2.47. The van der Waals surface area contributed by atoms with Gasteiger partial charge in [-0.3, -0.25) is 4.79 Å². The third-order valence-corrected chi connectivity index (χ3v) is 3.69. The Balaban J connectivity index is 2.85. The molecule has 5 heteroatoms. The van der Waals surface area contributed by atoms with Crippen molar-refractivity contribution in [3.63, 3.8) is 0 Å². The molecule has 106 valence electrons. The first-order valence-corrected chi connectivity index (χ1v) is 6.30. The van der Waals surface area contributed by atoms with Crippen molar-refractivity contribution < 1.29 is 19.7 Å². The summed E-state index contributed by atoms with van der Waals surface area (Å²) in [5, 5.41) is 19.7. The van der Waals surface area contributed by atoms with Crippen molar-refractivity contribution in [3.8, 4) is 5.75 Å². The second-order valence-corrected chi connectivity index (χ2v) is 4.69. The van der Waals surface area contributed by atoms with Crippen LogP contribution in [0.1, 0.15) is 26.7 Å². The van der Waals surface area contributed by atoms with E-state index in [0.29, 0.717) is 24.3 Å².